The summed E-state index contributed by atoms with van der Waals surface area (Å²) < 4.78 is 34.1. The minimum absolute atomic E-state index is 0.149. The highest BCUT2D eigenvalue weighted by atomic mass is 16.5. The van der Waals surface area contributed by atoms with Crippen molar-refractivity contribution in [3.63, 3.8) is 0 Å². The van der Waals surface area contributed by atoms with Crippen LogP contribution in [0.25, 0.3) is 6.08 Å². The van der Waals surface area contributed by atoms with Gasteiger partial charge in [-0.1, -0.05) is 0 Å². The van der Waals surface area contributed by atoms with E-state index < -0.39 is 0 Å². The van der Waals surface area contributed by atoms with Gasteiger partial charge in [-0.2, -0.15) is 0 Å². The molecule has 36 heavy (non-hydrogen) atoms. The van der Waals surface area contributed by atoms with Crippen LogP contribution in [-0.2, 0) is 11.3 Å². The molecule has 0 saturated carbocycles. The largest absolute Gasteiger partial charge is 0.493 e. The van der Waals surface area contributed by atoms with Gasteiger partial charge in [-0.05, 0) is 42.3 Å². The number of ketones is 1. The number of aryl methyl sites for hydroxylation is 1. The number of methoxy groups -OCH3 is 3. The molecule has 1 saturated heterocycles. The van der Waals surface area contributed by atoms with E-state index >= 15 is 0 Å². The molecule has 0 amide bonds. The van der Waals surface area contributed by atoms with Gasteiger partial charge in [0, 0.05) is 32.7 Å². The zero-order valence-electron chi connectivity index (χ0n) is 21.2. The molecule has 0 spiro atoms. The molecule has 0 unspecified atom stereocenters. The van der Waals surface area contributed by atoms with Crippen LogP contribution in [-0.4, -0.2) is 83.0 Å². The summed E-state index contributed by atoms with van der Waals surface area (Å²) in [6.45, 7) is 8.36. The third-order valence-corrected chi connectivity index (χ3v) is 6.81. The van der Waals surface area contributed by atoms with E-state index in [1.807, 2.05) is 13.0 Å². The Kier molecular flexibility index (Phi) is 7.04. The number of hydrogen-bond donors (Lipinski definition) is 0. The van der Waals surface area contributed by atoms with Gasteiger partial charge in [0.1, 0.15) is 18.2 Å². The number of benzene rings is 2. The number of carbonyl (C=O) groups is 1. The Balaban J connectivity index is 1.40. The fourth-order valence-corrected chi connectivity index (χ4v) is 4.86. The average Bonchev–Trinajstić information content (AvgIpc) is 3.24. The first-order chi connectivity index (χ1) is 17.5. The Hall–Kier alpha value is -3.27. The second-order valence-corrected chi connectivity index (χ2v) is 9.05. The molecule has 0 radical (unpaired) electrons. The second kappa shape index (κ2) is 10.4. The number of Topliss-reactive ketones (excluding diaryl/α,β-unsaturated/α-hetero) is 1. The maximum absolute atomic E-state index is 13.4. The van der Waals surface area contributed by atoms with Crippen LogP contribution in [0.4, 0.5) is 0 Å². The molecule has 1 fully saturated rings. The molecule has 0 atom stereocenters. The molecule has 0 aromatic heterocycles. The van der Waals surface area contributed by atoms with Crippen LogP contribution in [0.1, 0.15) is 27.0 Å². The lowest BCUT2D eigenvalue weighted by atomic mass is 9.98. The van der Waals surface area contributed by atoms with Gasteiger partial charge in [-0.25, -0.2) is 0 Å². The van der Waals surface area contributed by atoms with E-state index in [1.54, 1.807) is 39.5 Å². The van der Waals surface area contributed by atoms with Gasteiger partial charge in [-0.3, -0.25) is 14.6 Å². The van der Waals surface area contributed by atoms with E-state index in [0.29, 0.717) is 47.4 Å². The number of morpholine rings is 1. The first-order valence-corrected chi connectivity index (χ1v) is 12.1. The molecule has 0 bridgehead atoms. The molecular formula is C27H32N2O7. The van der Waals surface area contributed by atoms with Gasteiger partial charge >= 0.3 is 0 Å². The van der Waals surface area contributed by atoms with Crippen molar-refractivity contribution in [2.75, 3.05) is 67.5 Å². The molecule has 0 aliphatic carbocycles. The van der Waals surface area contributed by atoms with Crippen molar-refractivity contribution in [3.8, 4) is 28.7 Å². The molecule has 3 aliphatic rings. The van der Waals surface area contributed by atoms with E-state index in [4.69, 9.17) is 28.4 Å². The summed E-state index contributed by atoms with van der Waals surface area (Å²) in [7, 11) is 4.67. The standard InChI is InChI=1S/C27H32N2O7/c1-17-11-20-19(15-29(16-35-20)6-5-28-7-9-34-10-8-28)26-24(17)25(30)21(36-26)12-18-13-22(31-2)27(33-4)23(14-18)32-3/h11-14H,5-10,15-16H2,1-4H3/b21-12-. The topological polar surface area (TPSA) is 78.9 Å². The van der Waals surface area contributed by atoms with Crippen molar-refractivity contribution in [1.82, 2.24) is 9.80 Å². The summed E-state index contributed by atoms with van der Waals surface area (Å²) in [5.41, 5.74) is 3.04. The van der Waals surface area contributed by atoms with Crippen LogP contribution in [0.3, 0.4) is 0 Å². The summed E-state index contributed by atoms with van der Waals surface area (Å²) in [6, 6.07) is 5.51. The molecular weight excluding hydrogens is 464 g/mol. The number of allylic oxidation sites excluding steroid dienone is 1. The Morgan fingerprint density at radius 1 is 0.972 bits per heavy atom. The minimum atomic E-state index is -0.149. The van der Waals surface area contributed by atoms with Gasteiger partial charge in [0.05, 0.1) is 45.7 Å². The Morgan fingerprint density at radius 3 is 2.33 bits per heavy atom. The number of carbonyl (C=O) groups excluding carboxylic acids is 1. The average molecular weight is 497 g/mol. The fourth-order valence-electron chi connectivity index (χ4n) is 4.86. The van der Waals surface area contributed by atoms with Gasteiger partial charge in [0.2, 0.25) is 11.5 Å². The smallest absolute Gasteiger partial charge is 0.232 e. The lowest BCUT2D eigenvalue weighted by Crippen LogP contribution is -2.43. The Bertz CT molecular complexity index is 1160. The molecule has 9 heteroatoms. The van der Waals surface area contributed by atoms with E-state index in [0.717, 1.165) is 56.3 Å². The molecule has 5 rings (SSSR count). The van der Waals surface area contributed by atoms with Crippen LogP contribution in [0, 0.1) is 6.92 Å². The lowest BCUT2D eigenvalue weighted by Gasteiger charge is -2.33. The summed E-state index contributed by atoms with van der Waals surface area (Å²) in [6.07, 6.45) is 1.71. The van der Waals surface area contributed by atoms with Crippen molar-refractivity contribution >= 4 is 11.9 Å². The highest BCUT2D eigenvalue weighted by molar-refractivity contribution is 6.16. The van der Waals surface area contributed by atoms with Crippen molar-refractivity contribution in [2.24, 2.45) is 0 Å². The molecule has 192 valence electrons. The monoisotopic (exact) mass is 496 g/mol. The third-order valence-electron chi connectivity index (χ3n) is 6.81. The lowest BCUT2D eigenvalue weighted by molar-refractivity contribution is 0.0239. The SMILES string of the molecule is COc1cc(/C=C2\Oc3c4c(cc(C)c3C2=O)OCN(CCN2CCOCC2)C4)cc(OC)c1OC. The minimum Gasteiger partial charge on any atom is -0.493 e. The Morgan fingerprint density at radius 2 is 1.67 bits per heavy atom. The number of ether oxygens (including phenoxy) is 6. The molecule has 3 heterocycles. The first-order valence-electron chi connectivity index (χ1n) is 12.1. The predicted octanol–water partition coefficient (Wildman–Crippen LogP) is 3.12. The van der Waals surface area contributed by atoms with Gasteiger partial charge in [0.15, 0.2) is 17.3 Å². The predicted molar refractivity (Wildman–Crippen MR) is 133 cm³/mol. The van der Waals surface area contributed by atoms with E-state index in [9.17, 15) is 4.79 Å². The van der Waals surface area contributed by atoms with Gasteiger partial charge in [0.25, 0.3) is 0 Å². The maximum Gasteiger partial charge on any atom is 0.232 e. The third kappa shape index (κ3) is 4.61. The van der Waals surface area contributed by atoms with Crippen LogP contribution in [0.5, 0.6) is 28.7 Å². The van der Waals surface area contributed by atoms with Crippen LogP contribution >= 0.6 is 0 Å². The summed E-state index contributed by atoms with van der Waals surface area (Å²) in [5, 5.41) is 0. The fraction of sp³-hybridized carbons (Fsp3) is 0.444. The van der Waals surface area contributed by atoms with E-state index in [1.165, 1.54) is 0 Å². The van der Waals surface area contributed by atoms with Crippen LogP contribution in [0.15, 0.2) is 24.0 Å². The van der Waals surface area contributed by atoms with Gasteiger partial charge < -0.3 is 28.4 Å². The van der Waals surface area contributed by atoms with Crippen molar-refractivity contribution in [2.45, 2.75) is 13.5 Å². The number of rotatable bonds is 7. The highest BCUT2D eigenvalue weighted by Gasteiger charge is 2.35. The molecule has 0 N–H and O–H groups in total. The van der Waals surface area contributed by atoms with Crippen molar-refractivity contribution in [3.05, 3.63) is 46.2 Å². The molecule has 2 aromatic carbocycles. The number of hydrogen-bond acceptors (Lipinski definition) is 9. The number of nitrogens with zero attached hydrogens (tertiary/aromatic N) is 2. The summed E-state index contributed by atoms with van der Waals surface area (Å²) >= 11 is 0. The summed E-state index contributed by atoms with van der Waals surface area (Å²) in [4.78, 5) is 18.0. The zero-order chi connectivity index (χ0) is 25.2. The molecule has 9 nitrogen and oxygen atoms in total. The molecule has 2 aromatic rings. The summed E-state index contributed by atoms with van der Waals surface area (Å²) in [5.74, 6) is 2.96. The Labute approximate surface area is 211 Å². The second-order valence-electron chi connectivity index (χ2n) is 9.05. The van der Waals surface area contributed by atoms with Crippen molar-refractivity contribution < 1.29 is 33.2 Å². The van der Waals surface area contributed by atoms with Crippen LogP contribution < -0.4 is 23.7 Å². The number of fused-ring (bicyclic) bond motifs is 3. The molecule has 3 aliphatic heterocycles. The maximum atomic E-state index is 13.4. The first kappa shape index (κ1) is 24.4. The zero-order valence-corrected chi connectivity index (χ0v) is 21.2. The van der Waals surface area contributed by atoms with Gasteiger partial charge in [-0.15, -0.1) is 0 Å². The van der Waals surface area contributed by atoms with E-state index in [-0.39, 0.29) is 11.5 Å². The van der Waals surface area contributed by atoms with E-state index in [2.05, 4.69) is 9.80 Å². The highest BCUT2D eigenvalue weighted by Crippen LogP contribution is 2.45. The normalized spacial score (nSPS) is 18.9. The quantitative estimate of drug-likeness (QED) is 0.537. The van der Waals surface area contributed by atoms with Crippen molar-refractivity contribution in [1.29, 1.82) is 0 Å². The van der Waals surface area contributed by atoms with Crippen LogP contribution in [0.2, 0.25) is 0 Å².